The molecule has 0 aliphatic rings. The second kappa shape index (κ2) is 11.6. The van der Waals surface area contributed by atoms with E-state index in [1.807, 2.05) is 82.3 Å². The third-order valence-corrected chi connectivity index (χ3v) is 6.84. The average molecular weight is 511 g/mol. The van der Waals surface area contributed by atoms with Gasteiger partial charge in [0, 0.05) is 28.1 Å². The van der Waals surface area contributed by atoms with Gasteiger partial charge in [-0.25, -0.2) is 0 Å². The third kappa shape index (κ3) is 7.77. The minimum atomic E-state index is -0.502. The molecule has 184 valence electrons. The summed E-state index contributed by atoms with van der Waals surface area (Å²) in [7, 11) is 1.54. The van der Waals surface area contributed by atoms with E-state index in [2.05, 4.69) is 10.6 Å². The number of anilines is 2. The predicted octanol–water partition coefficient (Wildman–Crippen LogP) is 7.50. The summed E-state index contributed by atoms with van der Waals surface area (Å²) in [6.07, 6.45) is 0.438. The topological polar surface area (TPSA) is 67.4 Å². The number of carbonyl (C=O) groups is 2. The van der Waals surface area contributed by atoms with Crippen LogP contribution in [-0.4, -0.2) is 18.9 Å². The van der Waals surface area contributed by atoms with Crippen molar-refractivity contribution in [3.05, 3.63) is 82.9 Å². The Balaban J connectivity index is 1.80. The molecule has 0 aliphatic carbocycles. The molecule has 0 radical (unpaired) electrons. The molecule has 1 unspecified atom stereocenters. The van der Waals surface area contributed by atoms with Gasteiger partial charge >= 0.3 is 0 Å². The number of nitrogens with one attached hydrogen (secondary N) is 2. The van der Waals surface area contributed by atoms with Crippen LogP contribution < -0.4 is 15.4 Å². The molecule has 2 amide bonds. The van der Waals surface area contributed by atoms with Crippen molar-refractivity contribution in [1.82, 2.24) is 0 Å². The van der Waals surface area contributed by atoms with Crippen LogP contribution in [0.15, 0.2) is 71.6 Å². The summed E-state index contributed by atoms with van der Waals surface area (Å²) in [6.45, 7) is 7.97. The number of benzene rings is 3. The molecule has 0 aromatic heterocycles. The number of thioether (sulfide) groups is 1. The standard InChI is InChI=1S/C28H31ClN2O3S/c1-18-15-23(24(34-5)16-22(18)29)31-27(33)26(19-9-7-6-8-10-19)35-21-13-11-20(12-14-21)30-25(32)17-28(2,3)4/h6-16,26H,17H2,1-5H3,(H,30,32)(H,31,33). The second-order valence-corrected chi connectivity index (χ2v) is 11.1. The minimum absolute atomic E-state index is 0.0216. The predicted molar refractivity (Wildman–Crippen MR) is 146 cm³/mol. The van der Waals surface area contributed by atoms with Crippen molar-refractivity contribution in [2.24, 2.45) is 5.41 Å². The number of ether oxygens (including phenoxy) is 1. The van der Waals surface area contributed by atoms with Gasteiger partial charge in [0.1, 0.15) is 11.0 Å². The lowest BCUT2D eigenvalue weighted by Crippen LogP contribution is -2.20. The zero-order valence-corrected chi connectivity index (χ0v) is 22.2. The Bertz CT molecular complexity index is 1180. The van der Waals surface area contributed by atoms with Crippen LogP contribution in [0.5, 0.6) is 5.75 Å². The Hall–Kier alpha value is -2.96. The van der Waals surface area contributed by atoms with Gasteiger partial charge < -0.3 is 15.4 Å². The zero-order valence-electron chi connectivity index (χ0n) is 20.6. The molecule has 3 aromatic rings. The van der Waals surface area contributed by atoms with E-state index < -0.39 is 5.25 Å². The Morgan fingerprint density at radius 1 is 1.00 bits per heavy atom. The van der Waals surface area contributed by atoms with Crippen molar-refractivity contribution in [1.29, 1.82) is 0 Å². The van der Waals surface area contributed by atoms with Crippen LogP contribution in [0, 0.1) is 12.3 Å². The zero-order chi connectivity index (χ0) is 25.6. The van der Waals surface area contributed by atoms with Gasteiger partial charge in [-0.3, -0.25) is 9.59 Å². The summed E-state index contributed by atoms with van der Waals surface area (Å²) in [5.41, 5.74) is 2.93. The minimum Gasteiger partial charge on any atom is -0.495 e. The quantitative estimate of drug-likeness (QED) is 0.308. The summed E-state index contributed by atoms with van der Waals surface area (Å²) in [6, 6.07) is 20.7. The lowest BCUT2D eigenvalue weighted by molar-refractivity contribution is -0.118. The van der Waals surface area contributed by atoms with Crippen molar-refractivity contribution in [3.63, 3.8) is 0 Å². The average Bonchev–Trinajstić information content (AvgIpc) is 2.80. The number of hydrogen-bond acceptors (Lipinski definition) is 4. The van der Waals surface area contributed by atoms with Gasteiger partial charge in [-0.2, -0.15) is 0 Å². The van der Waals surface area contributed by atoms with Crippen LogP contribution in [-0.2, 0) is 9.59 Å². The molecule has 0 spiro atoms. The van der Waals surface area contributed by atoms with Gasteiger partial charge in [0.15, 0.2) is 0 Å². The summed E-state index contributed by atoms with van der Waals surface area (Å²) >= 11 is 7.66. The van der Waals surface area contributed by atoms with Gasteiger partial charge in [-0.05, 0) is 53.8 Å². The van der Waals surface area contributed by atoms with E-state index in [1.165, 1.54) is 11.8 Å². The van der Waals surface area contributed by atoms with Crippen molar-refractivity contribution in [2.75, 3.05) is 17.7 Å². The SMILES string of the molecule is COc1cc(Cl)c(C)cc1NC(=O)C(Sc1ccc(NC(=O)CC(C)(C)C)cc1)c1ccccc1. The number of carbonyl (C=O) groups excluding carboxylic acids is 2. The number of methoxy groups -OCH3 is 1. The van der Waals surface area contributed by atoms with E-state index in [1.54, 1.807) is 19.2 Å². The van der Waals surface area contributed by atoms with E-state index in [0.717, 1.165) is 21.7 Å². The van der Waals surface area contributed by atoms with Crippen LogP contribution in [0.2, 0.25) is 5.02 Å². The van der Waals surface area contributed by atoms with Crippen molar-refractivity contribution < 1.29 is 14.3 Å². The fourth-order valence-corrected chi connectivity index (χ4v) is 4.65. The number of rotatable bonds is 8. The first-order valence-corrected chi connectivity index (χ1v) is 12.6. The molecule has 7 heteroatoms. The molecule has 0 aliphatic heterocycles. The molecule has 2 N–H and O–H groups in total. The normalized spacial score (nSPS) is 12.1. The fourth-order valence-electron chi connectivity index (χ4n) is 3.47. The Morgan fingerprint density at radius 2 is 1.66 bits per heavy atom. The maximum absolute atomic E-state index is 13.4. The first-order chi connectivity index (χ1) is 16.6. The van der Waals surface area contributed by atoms with Crippen LogP contribution in [0.25, 0.3) is 0 Å². The molecular formula is C28H31ClN2O3S. The fraction of sp³-hybridized carbons (Fsp3) is 0.286. The van der Waals surface area contributed by atoms with Gasteiger partial charge in [0.05, 0.1) is 12.8 Å². The van der Waals surface area contributed by atoms with E-state index in [4.69, 9.17) is 16.3 Å². The van der Waals surface area contributed by atoms with Crippen LogP contribution in [0.3, 0.4) is 0 Å². The molecule has 3 rings (SSSR count). The number of halogens is 1. The molecule has 0 heterocycles. The Morgan fingerprint density at radius 3 is 2.26 bits per heavy atom. The maximum Gasteiger partial charge on any atom is 0.242 e. The van der Waals surface area contributed by atoms with Crippen molar-refractivity contribution in [2.45, 2.75) is 44.3 Å². The molecule has 0 saturated carbocycles. The van der Waals surface area contributed by atoms with Crippen LogP contribution >= 0.6 is 23.4 Å². The maximum atomic E-state index is 13.4. The molecule has 5 nitrogen and oxygen atoms in total. The monoisotopic (exact) mass is 510 g/mol. The highest BCUT2D eigenvalue weighted by atomic mass is 35.5. The lowest BCUT2D eigenvalue weighted by Gasteiger charge is -2.19. The highest BCUT2D eigenvalue weighted by Crippen LogP contribution is 2.38. The van der Waals surface area contributed by atoms with Gasteiger partial charge in [-0.15, -0.1) is 11.8 Å². The van der Waals surface area contributed by atoms with Gasteiger partial charge in [0.2, 0.25) is 11.8 Å². The smallest absolute Gasteiger partial charge is 0.242 e. The van der Waals surface area contributed by atoms with Crippen LogP contribution in [0.4, 0.5) is 11.4 Å². The van der Waals surface area contributed by atoms with E-state index in [0.29, 0.717) is 22.9 Å². The van der Waals surface area contributed by atoms with E-state index in [9.17, 15) is 9.59 Å². The Labute approximate surface area is 216 Å². The summed E-state index contributed by atoms with van der Waals surface area (Å²) in [4.78, 5) is 26.6. The molecule has 0 saturated heterocycles. The molecule has 0 fully saturated rings. The first kappa shape index (κ1) is 26.6. The third-order valence-electron chi connectivity index (χ3n) is 5.16. The first-order valence-electron chi connectivity index (χ1n) is 11.3. The van der Waals surface area contributed by atoms with Gasteiger partial charge in [-0.1, -0.05) is 62.7 Å². The highest BCUT2D eigenvalue weighted by Gasteiger charge is 2.24. The van der Waals surface area contributed by atoms with E-state index in [-0.39, 0.29) is 17.2 Å². The number of amides is 2. The van der Waals surface area contributed by atoms with Gasteiger partial charge in [0.25, 0.3) is 0 Å². The van der Waals surface area contributed by atoms with Crippen molar-refractivity contribution in [3.8, 4) is 5.75 Å². The molecule has 3 aromatic carbocycles. The summed E-state index contributed by atoms with van der Waals surface area (Å²) in [5, 5.41) is 6.01. The summed E-state index contributed by atoms with van der Waals surface area (Å²) < 4.78 is 5.42. The highest BCUT2D eigenvalue weighted by molar-refractivity contribution is 8.00. The van der Waals surface area contributed by atoms with Crippen molar-refractivity contribution >= 4 is 46.6 Å². The largest absolute Gasteiger partial charge is 0.495 e. The number of hydrogen-bond donors (Lipinski definition) is 2. The molecule has 35 heavy (non-hydrogen) atoms. The molecule has 0 bridgehead atoms. The Kier molecular flexibility index (Phi) is 8.87. The second-order valence-electron chi connectivity index (χ2n) is 9.51. The van der Waals surface area contributed by atoms with Crippen LogP contribution in [0.1, 0.15) is 43.6 Å². The van der Waals surface area contributed by atoms with E-state index >= 15 is 0 Å². The number of aryl methyl sites for hydroxylation is 1. The summed E-state index contributed by atoms with van der Waals surface area (Å²) in [5.74, 6) is 0.302. The molecular weight excluding hydrogens is 480 g/mol. The lowest BCUT2D eigenvalue weighted by atomic mass is 9.92. The molecule has 1 atom stereocenters.